The van der Waals surface area contributed by atoms with Gasteiger partial charge in [-0.15, -0.1) is 5.10 Å². The van der Waals surface area contributed by atoms with Crippen LogP contribution in [0.1, 0.15) is 23.7 Å². The number of sulfone groups is 1. The summed E-state index contributed by atoms with van der Waals surface area (Å²) in [6.07, 6.45) is 0.381. The highest BCUT2D eigenvalue weighted by atomic mass is 32.2. The summed E-state index contributed by atoms with van der Waals surface area (Å²) in [6.45, 7) is 2.14. The van der Waals surface area contributed by atoms with Crippen molar-refractivity contribution in [2.75, 3.05) is 18.1 Å². The Hall–Kier alpha value is -2.49. The molecule has 1 aliphatic rings. The van der Waals surface area contributed by atoms with Gasteiger partial charge < -0.3 is 10.1 Å². The average Bonchev–Trinajstić information content (AvgIpc) is 3.14. The zero-order valence-corrected chi connectivity index (χ0v) is 14.5. The van der Waals surface area contributed by atoms with Gasteiger partial charge in [-0.3, -0.25) is 4.79 Å². The van der Waals surface area contributed by atoms with E-state index in [0.29, 0.717) is 18.5 Å². The van der Waals surface area contributed by atoms with Gasteiger partial charge in [0.2, 0.25) is 0 Å². The second-order valence-corrected chi connectivity index (χ2v) is 8.08. The fraction of sp³-hybridized carbons (Fsp3) is 0.467. The first-order valence-corrected chi connectivity index (χ1v) is 9.70. The van der Waals surface area contributed by atoms with Crippen LogP contribution in [0.25, 0.3) is 11.0 Å². The fourth-order valence-corrected chi connectivity index (χ4v) is 4.40. The number of esters is 1. The molecule has 1 aromatic carbocycles. The Morgan fingerprint density at radius 1 is 1.40 bits per heavy atom. The summed E-state index contributed by atoms with van der Waals surface area (Å²) < 4.78 is 29.4. The third kappa shape index (κ3) is 3.95. The number of benzene rings is 1. The van der Waals surface area contributed by atoms with E-state index in [1.165, 1.54) is 0 Å². The number of fused-ring (bicyclic) bond motifs is 1. The molecule has 1 saturated heterocycles. The number of hydrogen-bond donors (Lipinski definition) is 1. The highest BCUT2D eigenvalue weighted by molar-refractivity contribution is 7.91. The first-order valence-electron chi connectivity index (χ1n) is 7.88. The number of nitrogens with one attached hydrogen (secondary N) is 1. The molecule has 1 aliphatic heterocycles. The van der Waals surface area contributed by atoms with Crippen LogP contribution in [-0.4, -0.2) is 59.4 Å². The van der Waals surface area contributed by atoms with Crippen molar-refractivity contribution in [3.63, 3.8) is 0 Å². The summed E-state index contributed by atoms with van der Waals surface area (Å²) in [5.74, 6) is -1.18. The molecule has 0 spiro atoms. The summed E-state index contributed by atoms with van der Waals surface area (Å²) in [5.41, 5.74) is 1.64. The van der Waals surface area contributed by atoms with Crippen molar-refractivity contribution in [3.05, 3.63) is 23.8 Å². The summed E-state index contributed by atoms with van der Waals surface area (Å²) in [5, 5.41) is 10.5. The fourth-order valence-electron chi connectivity index (χ4n) is 2.73. The van der Waals surface area contributed by atoms with Gasteiger partial charge in [0.05, 0.1) is 22.6 Å². The van der Waals surface area contributed by atoms with Gasteiger partial charge in [0.1, 0.15) is 5.52 Å². The Labute approximate surface area is 144 Å². The molecule has 0 bridgehead atoms. The van der Waals surface area contributed by atoms with Crippen molar-refractivity contribution in [2.45, 2.75) is 25.9 Å². The molecule has 1 amide bonds. The summed E-state index contributed by atoms with van der Waals surface area (Å²) >= 11 is 0. The Balaban J connectivity index is 1.56. The lowest BCUT2D eigenvalue weighted by atomic mass is 10.2. The van der Waals surface area contributed by atoms with Gasteiger partial charge in [0.15, 0.2) is 16.4 Å². The number of hydrogen-bond acceptors (Lipinski definition) is 7. The zero-order chi connectivity index (χ0) is 18.0. The van der Waals surface area contributed by atoms with E-state index < -0.39 is 34.4 Å². The van der Waals surface area contributed by atoms with E-state index in [1.807, 2.05) is 6.92 Å². The van der Waals surface area contributed by atoms with Crippen molar-refractivity contribution in [1.82, 2.24) is 20.3 Å². The quantitative estimate of drug-likeness (QED) is 0.734. The number of nitrogens with zero attached hydrogens (tertiary/aromatic N) is 3. The number of aromatic nitrogens is 3. The number of carbonyl (C=O) groups is 2. The molecule has 3 rings (SSSR count). The van der Waals surface area contributed by atoms with Gasteiger partial charge in [-0.25, -0.2) is 17.9 Å². The largest absolute Gasteiger partial charge is 0.452 e. The van der Waals surface area contributed by atoms with Crippen LogP contribution in [0.4, 0.5) is 0 Å². The second kappa shape index (κ2) is 6.79. The lowest BCUT2D eigenvalue weighted by Crippen LogP contribution is -2.38. The standard InChI is InChI=1S/C15H18N4O5S/c1-2-19-13-4-3-10(7-12(13)17-18-19)15(21)24-8-14(20)16-11-5-6-25(22,23)9-11/h3-4,7,11H,2,5-6,8-9H2,1H3,(H,16,20)/t11-/m0/s1. The lowest BCUT2D eigenvalue weighted by molar-refractivity contribution is -0.124. The first kappa shape index (κ1) is 17.3. The number of amides is 1. The van der Waals surface area contributed by atoms with Crippen molar-refractivity contribution in [1.29, 1.82) is 0 Å². The Morgan fingerprint density at radius 3 is 2.88 bits per heavy atom. The summed E-state index contributed by atoms with van der Waals surface area (Å²) in [7, 11) is -3.07. The Kier molecular flexibility index (Phi) is 4.71. The van der Waals surface area contributed by atoms with E-state index in [-0.39, 0.29) is 17.1 Å². The van der Waals surface area contributed by atoms with Gasteiger partial charge in [-0.1, -0.05) is 5.21 Å². The van der Waals surface area contributed by atoms with Gasteiger partial charge >= 0.3 is 5.97 Å². The maximum atomic E-state index is 12.1. The Bertz CT molecular complexity index is 921. The summed E-state index contributed by atoms with van der Waals surface area (Å²) in [6, 6.07) is 4.44. The van der Waals surface area contributed by atoms with E-state index in [2.05, 4.69) is 15.6 Å². The third-order valence-corrected chi connectivity index (χ3v) is 5.75. The molecule has 0 radical (unpaired) electrons. The predicted octanol–water partition coefficient (Wildman–Crippen LogP) is -0.0887. The highest BCUT2D eigenvalue weighted by Gasteiger charge is 2.29. The van der Waals surface area contributed by atoms with Gasteiger partial charge in [0, 0.05) is 12.6 Å². The van der Waals surface area contributed by atoms with Crippen molar-refractivity contribution in [3.8, 4) is 0 Å². The van der Waals surface area contributed by atoms with E-state index >= 15 is 0 Å². The van der Waals surface area contributed by atoms with E-state index in [9.17, 15) is 18.0 Å². The van der Waals surface area contributed by atoms with Gasteiger partial charge in [-0.05, 0) is 31.5 Å². The van der Waals surface area contributed by atoms with Crippen molar-refractivity contribution >= 4 is 32.7 Å². The number of aryl methyl sites for hydroxylation is 1. The minimum atomic E-state index is -3.07. The topological polar surface area (TPSA) is 120 Å². The molecular formula is C15H18N4O5S. The van der Waals surface area contributed by atoms with Crippen LogP contribution < -0.4 is 5.32 Å². The minimum Gasteiger partial charge on any atom is -0.452 e. The van der Waals surface area contributed by atoms with Gasteiger partial charge in [-0.2, -0.15) is 0 Å². The molecule has 1 N–H and O–H groups in total. The zero-order valence-electron chi connectivity index (χ0n) is 13.6. The normalized spacial score (nSPS) is 19.0. The maximum Gasteiger partial charge on any atom is 0.338 e. The smallest absolute Gasteiger partial charge is 0.338 e. The molecule has 1 atom stereocenters. The van der Waals surface area contributed by atoms with Crippen molar-refractivity contribution in [2.24, 2.45) is 0 Å². The van der Waals surface area contributed by atoms with Crippen LogP contribution in [0.5, 0.6) is 0 Å². The molecule has 2 aromatic rings. The predicted molar refractivity (Wildman–Crippen MR) is 88.7 cm³/mol. The molecule has 134 valence electrons. The highest BCUT2D eigenvalue weighted by Crippen LogP contribution is 2.14. The Morgan fingerprint density at radius 2 is 2.20 bits per heavy atom. The van der Waals surface area contributed by atoms with Crippen LogP contribution >= 0.6 is 0 Å². The average molecular weight is 366 g/mol. The molecule has 25 heavy (non-hydrogen) atoms. The van der Waals surface area contributed by atoms with Crippen LogP contribution in [0.3, 0.4) is 0 Å². The number of ether oxygens (including phenoxy) is 1. The first-order chi connectivity index (χ1) is 11.9. The van der Waals surface area contributed by atoms with E-state index in [4.69, 9.17) is 4.74 Å². The third-order valence-electron chi connectivity index (χ3n) is 3.98. The van der Waals surface area contributed by atoms with E-state index in [1.54, 1.807) is 22.9 Å². The molecule has 1 aromatic heterocycles. The minimum absolute atomic E-state index is 0.0657. The molecular weight excluding hydrogens is 348 g/mol. The van der Waals surface area contributed by atoms with Gasteiger partial charge in [0.25, 0.3) is 5.91 Å². The number of rotatable bonds is 5. The number of carbonyl (C=O) groups excluding carboxylic acids is 2. The van der Waals surface area contributed by atoms with Crippen LogP contribution in [-0.2, 0) is 25.9 Å². The molecule has 0 saturated carbocycles. The molecule has 9 nitrogen and oxygen atoms in total. The molecule has 10 heteroatoms. The molecule has 2 heterocycles. The monoisotopic (exact) mass is 366 g/mol. The molecule has 1 fully saturated rings. The van der Waals surface area contributed by atoms with Crippen LogP contribution in [0.15, 0.2) is 18.2 Å². The molecule has 0 aliphatic carbocycles. The van der Waals surface area contributed by atoms with Crippen LogP contribution in [0, 0.1) is 0 Å². The maximum absolute atomic E-state index is 12.1. The van der Waals surface area contributed by atoms with E-state index in [0.717, 1.165) is 5.52 Å². The second-order valence-electron chi connectivity index (χ2n) is 5.85. The summed E-state index contributed by atoms with van der Waals surface area (Å²) in [4.78, 5) is 23.8. The van der Waals surface area contributed by atoms with Crippen molar-refractivity contribution < 1.29 is 22.7 Å². The lowest BCUT2D eigenvalue weighted by Gasteiger charge is -2.11. The SMILES string of the molecule is CCn1nnc2cc(C(=O)OCC(=O)N[C@H]3CCS(=O)(=O)C3)ccc21. The molecule has 0 unspecified atom stereocenters. The van der Waals surface area contributed by atoms with Crippen LogP contribution in [0.2, 0.25) is 0 Å².